The second kappa shape index (κ2) is 12.7. The molecule has 3 fully saturated rings. The number of cyclic esters (lactones) is 1. The average Bonchev–Trinajstić information content (AvgIpc) is 3.10. The number of carbonyl (C=O) groups excluding carboxylic acids is 2. The van der Waals surface area contributed by atoms with Gasteiger partial charge in [0.2, 0.25) is 5.96 Å². The molecule has 2 amide bonds. The van der Waals surface area contributed by atoms with Crippen molar-refractivity contribution in [1.82, 2.24) is 29.8 Å². The highest BCUT2D eigenvalue weighted by atomic mass is 16.6. The molecule has 0 aliphatic carbocycles. The minimum atomic E-state index is -0.786. The highest BCUT2D eigenvalue weighted by molar-refractivity contribution is 5.92. The van der Waals surface area contributed by atoms with Gasteiger partial charge in [0.15, 0.2) is 6.23 Å². The molecule has 3 saturated heterocycles. The van der Waals surface area contributed by atoms with Crippen molar-refractivity contribution < 1.29 is 29.0 Å². The van der Waals surface area contributed by atoms with E-state index in [1.807, 2.05) is 4.90 Å². The van der Waals surface area contributed by atoms with E-state index in [2.05, 4.69) is 20.0 Å². The molecule has 13 heteroatoms. The van der Waals surface area contributed by atoms with Gasteiger partial charge < -0.3 is 29.3 Å². The van der Waals surface area contributed by atoms with Crippen molar-refractivity contribution >= 4 is 24.1 Å². The zero-order chi connectivity index (χ0) is 27.2. The van der Waals surface area contributed by atoms with Crippen molar-refractivity contribution in [2.24, 2.45) is 0 Å². The van der Waals surface area contributed by atoms with E-state index in [-0.39, 0.29) is 30.7 Å². The van der Waals surface area contributed by atoms with Gasteiger partial charge in [-0.3, -0.25) is 25.3 Å². The van der Waals surface area contributed by atoms with Crippen LogP contribution in [0.5, 0.6) is 0 Å². The molecule has 3 N–H and O–H groups in total. The van der Waals surface area contributed by atoms with Crippen LogP contribution >= 0.6 is 0 Å². The minimum absolute atomic E-state index is 0.0226. The summed E-state index contributed by atoms with van der Waals surface area (Å²) in [4.78, 5) is 45.3. The summed E-state index contributed by atoms with van der Waals surface area (Å²) in [5.41, 5.74) is -0.610. The molecule has 3 aliphatic heterocycles. The summed E-state index contributed by atoms with van der Waals surface area (Å²) >= 11 is 0. The number of guanidine groups is 1. The van der Waals surface area contributed by atoms with E-state index in [1.165, 1.54) is 0 Å². The summed E-state index contributed by atoms with van der Waals surface area (Å²) in [5.74, 6) is -0.728. The molecule has 3 heterocycles. The van der Waals surface area contributed by atoms with E-state index < -0.39 is 17.7 Å². The number of alkyl carbamates (subject to hydrolysis) is 1. The Morgan fingerprint density at radius 1 is 1.05 bits per heavy atom. The second-order valence-electron chi connectivity index (χ2n) is 10.9. The molecule has 37 heavy (non-hydrogen) atoms. The van der Waals surface area contributed by atoms with Gasteiger partial charge in [-0.05, 0) is 40.2 Å². The molecule has 0 aromatic carbocycles. The zero-order valence-corrected chi connectivity index (χ0v) is 22.6. The standard InChI is InChI=1S/C24H43N7O6/c1-24(2,3)37-22(34)26-21(25)31-16-12-28(13-17-31)8-5-6-18-20(36-23(35)27(18)4)30-14-10-29(11-15-30)9-7-19(32)33/h18,20H,5-17H2,1-4H3,(H,32,33)(H2,25,26,34). The molecule has 0 aromatic rings. The number of nitrogens with one attached hydrogen (secondary N) is 2. The number of carboxylic acid groups (broad SMARTS) is 1. The van der Waals surface area contributed by atoms with Gasteiger partial charge in [-0.2, -0.15) is 0 Å². The van der Waals surface area contributed by atoms with Crippen molar-refractivity contribution in [2.45, 2.75) is 57.9 Å². The molecule has 13 nitrogen and oxygen atoms in total. The third kappa shape index (κ3) is 8.71. The van der Waals surface area contributed by atoms with Gasteiger partial charge in [-0.1, -0.05) is 0 Å². The number of rotatable bonds is 8. The molecule has 2 unspecified atom stereocenters. The lowest BCUT2D eigenvalue weighted by atomic mass is 10.1. The number of carboxylic acids is 1. The summed E-state index contributed by atoms with van der Waals surface area (Å²) in [6, 6.07) is -0.0226. The largest absolute Gasteiger partial charge is 0.481 e. The SMILES string of the molecule is CN1C(=O)OC(N2CCN(CCC(=O)O)CC2)C1CCCN1CCN(C(=N)NC(=O)OC(C)(C)C)CC1. The minimum Gasteiger partial charge on any atom is -0.481 e. The first-order valence-electron chi connectivity index (χ1n) is 13.1. The van der Waals surface area contributed by atoms with E-state index >= 15 is 0 Å². The number of amides is 2. The van der Waals surface area contributed by atoms with Crippen molar-refractivity contribution in [3.8, 4) is 0 Å². The summed E-state index contributed by atoms with van der Waals surface area (Å²) < 4.78 is 10.9. The summed E-state index contributed by atoms with van der Waals surface area (Å²) in [6.45, 7) is 12.7. The molecule has 0 aromatic heterocycles. The predicted octanol–water partition coefficient (Wildman–Crippen LogP) is 0.713. The lowest BCUT2D eigenvalue weighted by Crippen LogP contribution is -2.54. The highest BCUT2D eigenvalue weighted by Crippen LogP contribution is 2.26. The Bertz CT molecular complexity index is 819. The summed E-state index contributed by atoms with van der Waals surface area (Å²) in [7, 11) is 1.79. The number of carbonyl (C=O) groups is 3. The first kappa shape index (κ1) is 28.9. The molecule has 0 spiro atoms. The first-order chi connectivity index (χ1) is 17.4. The topological polar surface area (TPSA) is 142 Å². The lowest BCUT2D eigenvalue weighted by molar-refractivity contribution is -0.137. The Kier molecular flexibility index (Phi) is 9.96. The Balaban J connectivity index is 1.39. The Hall–Kier alpha value is -2.64. The van der Waals surface area contributed by atoms with Gasteiger partial charge in [0, 0.05) is 66.0 Å². The molecule has 210 valence electrons. The normalized spacial score (nSPS) is 24.2. The van der Waals surface area contributed by atoms with Gasteiger partial charge in [0.05, 0.1) is 12.5 Å². The fourth-order valence-electron chi connectivity index (χ4n) is 4.94. The maximum Gasteiger partial charge on any atom is 0.414 e. The monoisotopic (exact) mass is 525 g/mol. The van der Waals surface area contributed by atoms with E-state index in [9.17, 15) is 14.4 Å². The van der Waals surface area contributed by atoms with Gasteiger partial charge in [0.1, 0.15) is 5.60 Å². The molecular formula is C24H43N7O6. The number of aliphatic carboxylic acids is 1. The zero-order valence-electron chi connectivity index (χ0n) is 22.6. The van der Waals surface area contributed by atoms with Crippen LogP contribution in [0.3, 0.4) is 0 Å². The average molecular weight is 526 g/mol. The molecule has 3 aliphatic rings. The number of hydrogen-bond donors (Lipinski definition) is 3. The molecule has 0 saturated carbocycles. The van der Waals surface area contributed by atoms with Gasteiger partial charge in [-0.25, -0.2) is 9.59 Å². The maximum atomic E-state index is 12.3. The smallest absolute Gasteiger partial charge is 0.414 e. The van der Waals surface area contributed by atoms with Crippen LogP contribution in [0.25, 0.3) is 0 Å². The van der Waals surface area contributed by atoms with E-state index in [1.54, 1.807) is 32.7 Å². The maximum absolute atomic E-state index is 12.3. The van der Waals surface area contributed by atoms with Crippen LogP contribution in [0.1, 0.15) is 40.0 Å². The molecule has 3 rings (SSSR count). The Morgan fingerprint density at radius 3 is 2.24 bits per heavy atom. The molecular weight excluding hydrogens is 482 g/mol. The van der Waals surface area contributed by atoms with Crippen LogP contribution in [-0.2, 0) is 14.3 Å². The van der Waals surface area contributed by atoms with Crippen molar-refractivity contribution in [3.05, 3.63) is 0 Å². The van der Waals surface area contributed by atoms with Crippen LogP contribution < -0.4 is 5.32 Å². The second-order valence-corrected chi connectivity index (χ2v) is 10.9. The lowest BCUT2D eigenvalue weighted by Gasteiger charge is -2.39. The molecule has 2 atom stereocenters. The summed E-state index contributed by atoms with van der Waals surface area (Å²) in [5, 5.41) is 19.6. The van der Waals surface area contributed by atoms with Crippen LogP contribution in [0.15, 0.2) is 0 Å². The highest BCUT2D eigenvalue weighted by Gasteiger charge is 2.43. The number of ether oxygens (including phenoxy) is 2. The number of likely N-dealkylation sites (N-methyl/N-ethyl adjacent to an activating group) is 1. The van der Waals surface area contributed by atoms with E-state index in [4.69, 9.17) is 20.0 Å². The van der Waals surface area contributed by atoms with Gasteiger partial charge in [-0.15, -0.1) is 0 Å². The van der Waals surface area contributed by atoms with Crippen LogP contribution in [-0.4, -0.2) is 144 Å². The van der Waals surface area contributed by atoms with Crippen molar-refractivity contribution in [3.63, 3.8) is 0 Å². The van der Waals surface area contributed by atoms with Crippen molar-refractivity contribution in [1.29, 1.82) is 5.41 Å². The van der Waals surface area contributed by atoms with E-state index in [0.717, 1.165) is 58.7 Å². The van der Waals surface area contributed by atoms with Crippen molar-refractivity contribution in [2.75, 3.05) is 72.5 Å². The predicted molar refractivity (Wildman–Crippen MR) is 136 cm³/mol. The van der Waals surface area contributed by atoms with Crippen LogP contribution in [0, 0.1) is 5.41 Å². The van der Waals surface area contributed by atoms with E-state index in [0.29, 0.717) is 19.6 Å². The van der Waals surface area contributed by atoms with Crippen LogP contribution in [0.2, 0.25) is 0 Å². The Labute approximate surface area is 219 Å². The number of hydrogen-bond acceptors (Lipinski definition) is 9. The first-order valence-corrected chi connectivity index (χ1v) is 13.1. The molecule has 0 radical (unpaired) electrons. The quantitative estimate of drug-likeness (QED) is 0.306. The van der Waals surface area contributed by atoms with Crippen LogP contribution in [0.4, 0.5) is 9.59 Å². The number of nitrogens with zero attached hydrogens (tertiary/aromatic N) is 5. The fourth-order valence-corrected chi connectivity index (χ4v) is 4.94. The van der Waals surface area contributed by atoms with Gasteiger partial charge in [0.25, 0.3) is 0 Å². The fraction of sp³-hybridized carbons (Fsp3) is 0.833. The Morgan fingerprint density at radius 2 is 1.65 bits per heavy atom. The third-order valence-electron chi connectivity index (χ3n) is 7.03. The third-order valence-corrected chi connectivity index (χ3v) is 7.03. The number of piperazine rings is 2. The summed E-state index contributed by atoms with van der Waals surface area (Å²) in [6.07, 6.45) is 0.674. The molecule has 0 bridgehead atoms. The van der Waals surface area contributed by atoms with Gasteiger partial charge >= 0.3 is 18.2 Å².